The lowest BCUT2D eigenvalue weighted by Crippen LogP contribution is -2.13. The van der Waals surface area contributed by atoms with E-state index in [1.807, 2.05) is 25.1 Å². The average Bonchev–Trinajstić information content (AvgIpc) is 2.19. The molecule has 0 amide bonds. The van der Waals surface area contributed by atoms with Crippen molar-refractivity contribution in [3.8, 4) is 5.75 Å². The molecule has 5 heteroatoms. The first-order valence-corrected chi connectivity index (χ1v) is 6.41. The molecule has 0 bridgehead atoms. The highest BCUT2D eigenvalue weighted by molar-refractivity contribution is 9.11. The van der Waals surface area contributed by atoms with Crippen molar-refractivity contribution in [2.75, 3.05) is 0 Å². The summed E-state index contributed by atoms with van der Waals surface area (Å²) in [5.41, 5.74) is 0. The second-order valence-corrected chi connectivity index (χ2v) is 5.21. The van der Waals surface area contributed by atoms with Gasteiger partial charge in [-0.25, -0.2) is 0 Å². The van der Waals surface area contributed by atoms with Gasteiger partial charge in [-0.15, -0.1) is 0 Å². The number of rotatable bonds is 5. The van der Waals surface area contributed by atoms with Gasteiger partial charge >= 0.3 is 5.97 Å². The van der Waals surface area contributed by atoms with E-state index in [-0.39, 0.29) is 12.5 Å². The summed E-state index contributed by atoms with van der Waals surface area (Å²) in [5, 5.41) is 8.55. The molecule has 3 nitrogen and oxygen atoms in total. The molecule has 1 N–H and O–H groups in total. The molecule has 0 spiro atoms. The molecule has 1 aromatic carbocycles. The second kappa shape index (κ2) is 6.25. The molecule has 0 saturated carbocycles. The minimum Gasteiger partial charge on any atom is -0.490 e. The minimum atomic E-state index is -0.801. The molecular formula is C11H12Br2O3. The first-order chi connectivity index (χ1) is 7.49. The highest BCUT2D eigenvalue weighted by atomic mass is 79.9. The first kappa shape index (κ1) is 13.5. The Morgan fingerprint density at radius 1 is 1.50 bits per heavy atom. The molecule has 1 rings (SSSR count). The zero-order chi connectivity index (χ0) is 12.1. The number of carboxylic acid groups (broad SMARTS) is 1. The highest BCUT2D eigenvalue weighted by Crippen LogP contribution is 2.29. The average molecular weight is 352 g/mol. The highest BCUT2D eigenvalue weighted by Gasteiger charge is 2.09. The molecule has 88 valence electrons. The van der Waals surface area contributed by atoms with E-state index in [0.29, 0.717) is 6.42 Å². The molecular weight excluding hydrogens is 340 g/mol. The lowest BCUT2D eigenvalue weighted by atomic mass is 10.2. The van der Waals surface area contributed by atoms with Gasteiger partial charge in [0, 0.05) is 10.9 Å². The lowest BCUT2D eigenvalue weighted by molar-refractivity contribution is -0.137. The molecule has 0 aromatic heterocycles. The summed E-state index contributed by atoms with van der Waals surface area (Å²) in [5.74, 6) is -0.0774. The Hall–Kier alpha value is -0.550. The van der Waals surface area contributed by atoms with Crippen molar-refractivity contribution in [1.82, 2.24) is 0 Å². The number of hydrogen-bond acceptors (Lipinski definition) is 2. The molecule has 1 aromatic rings. The SMILES string of the molecule is CC(CCC(=O)O)Oc1ccc(Br)cc1Br. The van der Waals surface area contributed by atoms with Crippen molar-refractivity contribution < 1.29 is 14.6 Å². The molecule has 0 heterocycles. The van der Waals surface area contributed by atoms with Gasteiger partial charge in [-0.3, -0.25) is 4.79 Å². The molecule has 0 aliphatic carbocycles. The van der Waals surface area contributed by atoms with Crippen LogP contribution in [0.1, 0.15) is 19.8 Å². The van der Waals surface area contributed by atoms with E-state index in [9.17, 15) is 4.79 Å². The molecule has 0 aliphatic heterocycles. The number of benzene rings is 1. The van der Waals surface area contributed by atoms with Gasteiger partial charge in [0.25, 0.3) is 0 Å². The molecule has 0 saturated heterocycles. The number of carbonyl (C=O) groups is 1. The van der Waals surface area contributed by atoms with Crippen LogP contribution < -0.4 is 4.74 Å². The van der Waals surface area contributed by atoms with E-state index in [1.54, 1.807) is 0 Å². The Kier molecular flexibility index (Phi) is 5.28. The largest absolute Gasteiger partial charge is 0.490 e. The number of ether oxygens (including phenoxy) is 1. The molecule has 1 atom stereocenters. The predicted molar refractivity (Wildman–Crippen MR) is 68.8 cm³/mol. The molecule has 1 unspecified atom stereocenters. The van der Waals surface area contributed by atoms with E-state index in [1.165, 1.54) is 0 Å². The van der Waals surface area contributed by atoms with E-state index < -0.39 is 5.97 Å². The van der Waals surface area contributed by atoms with Crippen molar-refractivity contribution >= 4 is 37.8 Å². The molecule has 0 aliphatic rings. The molecule has 16 heavy (non-hydrogen) atoms. The van der Waals surface area contributed by atoms with Gasteiger partial charge in [0.1, 0.15) is 5.75 Å². The number of carboxylic acids is 1. The third-order valence-electron chi connectivity index (χ3n) is 1.99. The summed E-state index contributed by atoms with van der Waals surface area (Å²) < 4.78 is 7.43. The lowest BCUT2D eigenvalue weighted by Gasteiger charge is -2.15. The number of hydrogen-bond donors (Lipinski definition) is 1. The van der Waals surface area contributed by atoms with Gasteiger partial charge in [0.2, 0.25) is 0 Å². The second-order valence-electron chi connectivity index (χ2n) is 3.44. The summed E-state index contributed by atoms with van der Waals surface area (Å²) >= 11 is 6.73. The first-order valence-electron chi connectivity index (χ1n) is 4.82. The van der Waals surface area contributed by atoms with Gasteiger partial charge in [-0.2, -0.15) is 0 Å². The van der Waals surface area contributed by atoms with Crippen molar-refractivity contribution in [3.05, 3.63) is 27.1 Å². The van der Waals surface area contributed by atoms with Gasteiger partial charge in [-0.1, -0.05) is 15.9 Å². The Bertz CT molecular complexity index is 379. The van der Waals surface area contributed by atoms with Crippen LogP contribution in [0.25, 0.3) is 0 Å². The molecule has 0 radical (unpaired) electrons. The topological polar surface area (TPSA) is 46.5 Å². The van der Waals surface area contributed by atoms with Gasteiger partial charge < -0.3 is 9.84 Å². The van der Waals surface area contributed by atoms with Crippen LogP contribution in [-0.2, 0) is 4.79 Å². The van der Waals surface area contributed by atoms with E-state index in [4.69, 9.17) is 9.84 Å². The monoisotopic (exact) mass is 350 g/mol. The maximum atomic E-state index is 10.4. The maximum absolute atomic E-state index is 10.4. The smallest absolute Gasteiger partial charge is 0.303 e. The third-order valence-corrected chi connectivity index (χ3v) is 3.10. The fraction of sp³-hybridized carbons (Fsp3) is 0.364. The van der Waals surface area contributed by atoms with Crippen LogP contribution in [-0.4, -0.2) is 17.2 Å². The minimum absolute atomic E-state index is 0.117. The quantitative estimate of drug-likeness (QED) is 0.876. The van der Waals surface area contributed by atoms with Crippen LogP contribution in [0.5, 0.6) is 5.75 Å². The fourth-order valence-electron chi connectivity index (χ4n) is 1.17. The summed E-state index contributed by atoms with van der Waals surface area (Å²) in [6.07, 6.45) is 0.501. The van der Waals surface area contributed by atoms with Crippen LogP contribution in [0.4, 0.5) is 0 Å². The standard InChI is InChI=1S/C11H12Br2O3/c1-7(2-5-11(14)15)16-10-4-3-8(12)6-9(10)13/h3-4,6-7H,2,5H2,1H3,(H,14,15). The normalized spacial score (nSPS) is 12.2. The zero-order valence-corrected chi connectivity index (χ0v) is 11.9. The predicted octanol–water partition coefficient (Wildman–Crippen LogP) is 3.84. The fourth-order valence-corrected chi connectivity index (χ4v) is 2.31. The molecule has 0 fully saturated rings. The van der Waals surface area contributed by atoms with Crippen LogP contribution in [0, 0.1) is 0 Å². The van der Waals surface area contributed by atoms with Gasteiger partial charge in [-0.05, 0) is 47.5 Å². The van der Waals surface area contributed by atoms with Crippen LogP contribution in [0.3, 0.4) is 0 Å². The van der Waals surface area contributed by atoms with Crippen molar-refractivity contribution in [2.24, 2.45) is 0 Å². The third kappa shape index (κ3) is 4.53. The summed E-state index contributed by atoms with van der Waals surface area (Å²) in [7, 11) is 0. The van der Waals surface area contributed by atoms with Crippen LogP contribution in [0.15, 0.2) is 27.1 Å². The Balaban J connectivity index is 2.55. The Morgan fingerprint density at radius 3 is 2.75 bits per heavy atom. The van der Waals surface area contributed by atoms with Crippen molar-refractivity contribution in [3.63, 3.8) is 0 Å². The van der Waals surface area contributed by atoms with E-state index in [0.717, 1.165) is 14.7 Å². The van der Waals surface area contributed by atoms with E-state index >= 15 is 0 Å². The van der Waals surface area contributed by atoms with E-state index in [2.05, 4.69) is 31.9 Å². The number of aliphatic carboxylic acids is 1. The summed E-state index contributed by atoms with van der Waals surface area (Å²) in [6, 6.07) is 5.61. The zero-order valence-electron chi connectivity index (χ0n) is 8.74. The van der Waals surface area contributed by atoms with Crippen molar-refractivity contribution in [2.45, 2.75) is 25.9 Å². The maximum Gasteiger partial charge on any atom is 0.303 e. The number of halogens is 2. The Labute approximate surface area is 111 Å². The van der Waals surface area contributed by atoms with Crippen molar-refractivity contribution in [1.29, 1.82) is 0 Å². The van der Waals surface area contributed by atoms with Gasteiger partial charge in [0.15, 0.2) is 0 Å². The van der Waals surface area contributed by atoms with Crippen LogP contribution in [0.2, 0.25) is 0 Å². The summed E-state index contributed by atoms with van der Waals surface area (Å²) in [4.78, 5) is 10.4. The van der Waals surface area contributed by atoms with Gasteiger partial charge in [0.05, 0.1) is 10.6 Å². The Morgan fingerprint density at radius 2 is 2.19 bits per heavy atom. The summed E-state index contributed by atoms with van der Waals surface area (Å²) in [6.45, 7) is 1.86. The van der Waals surface area contributed by atoms with Crippen LogP contribution >= 0.6 is 31.9 Å².